The average Bonchev–Trinajstić information content (AvgIpc) is 2.80. The van der Waals surface area contributed by atoms with Crippen LogP contribution >= 0.6 is 0 Å². The van der Waals surface area contributed by atoms with Crippen molar-refractivity contribution in [2.45, 2.75) is 51.7 Å². The van der Waals surface area contributed by atoms with E-state index in [9.17, 15) is 31.2 Å². The molecule has 1 aliphatic heterocycles. The van der Waals surface area contributed by atoms with Crippen LogP contribution in [0.5, 0.6) is 0 Å². The summed E-state index contributed by atoms with van der Waals surface area (Å²) in [4.78, 5) is 35.4. The first-order valence-corrected chi connectivity index (χ1v) is 13.1. The molecule has 1 aromatic carbocycles. The second kappa shape index (κ2) is 10.7. The van der Waals surface area contributed by atoms with Gasteiger partial charge in [-0.1, -0.05) is 19.9 Å². The van der Waals surface area contributed by atoms with Crippen LogP contribution in [-0.2, 0) is 20.9 Å². The van der Waals surface area contributed by atoms with E-state index in [1.165, 1.54) is 4.90 Å². The number of hydrogen-bond donors (Lipinski definition) is 0. The molecule has 1 aromatic heterocycles. The number of aryl methyl sites for hydroxylation is 2. The fourth-order valence-electron chi connectivity index (χ4n) is 4.03. The Morgan fingerprint density at radius 1 is 1.16 bits per heavy atom. The largest absolute Gasteiger partial charge is 0.462 e. The molecule has 13 heteroatoms. The molecule has 0 spiro atoms. The van der Waals surface area contributed by atoms with Crippen molar-refractivity contribution in [1.82, 2.24) is 19.2 Å². The van der Waals surface area contributed by atoms with Gasteiger partial charge in [-0.2, -0.15) is 17.5 Å². The molecule has 3 rings (SSSR count). The van der Waals surface area contributed by atoms with Crippen LogP contribution in [0.15, 0.2) is 29.2 Å². The highest BCUT2D eigenvalue weighted by molar-refractivity contribution is 7.89. The molecule has 0 bridgehead atoms. The number of rotatable bonds is 6. The molecule has 202 valence electrons. The summed E-state index contributed by atoms with van der Waals surface area (Å²) in [5.41, 5.74) is -0.979. The van der Waals surface area contributed by atoms with Crippen molar-refractivity contribution in [3.63, 3.8) is 0 Å². The van der Waals surface area contributed by atoms with Gasteiger partial charge in [0.2, 0.25) is 10.0 Å². The zero-order valence-corrected chi connectivity index (χ0v) is 22.0. The number of amides is 1. The van der Waals surface area contributed by atoms with Crippen LogP contribution in [0.1, 0.15) is 58.7 Å². The predicted octanol–water partition coefficient (Wildman–Crippen LogP) is 3.46. The van der Waals surface area contributed by atoms with Crippen molar-refractivity contribution < 1.29 is 35.9 Å². The molecule has 0 N–H and O–H groups in total. The summed E-state index contributed by atoms with van der Waals surface area (Å²) in [6.45, 7) is 8.32. The van der Waals surface area contributed by atoms with Gasteiger partial charge in [-0.25, -0.2) is 23.2 Å². The number of aromatic nitrogens is 2. The number of halogens is 3. The molecule has 1 atom stereocenters. The lowest BCUT2D eigenvalue weighted by Gasteiger charge is -2.39. The summed E-state index contributed by atoms with van der Waals surface area (Å²) >= 11 is 0. The Bertz CT molecular complexity index is 1300. The normalized spacial score (nSPS) is 17.2. The SMILES string of the molecule is Cc1nc(C)c(C(=O)OCC(C)C)c(C(=O)N2CCN(S(=O)(=O)c3cccc(C(F)(F)F)c3)C(C)C2)n1. The molecule has 2 heterocycles. The molecule has 37 heavy (non-hydrogen) atoms. The molecule has 1 unspecified atom stereocenters. The third kappa shape index (κ3) is 6.27. The van der Waals surface area contributed by atoms with Crippen molar-refractivity contribution in [1.29, 1.82) is 0 Å². The number of sulfonamides is 1. The minimum Gasteiger partial charge on any atom is -0.462 e. The third-order valence-corrected chi connectivity index (χ3v) is 7.79. The highest BCUT2D eigenvalue weighted by Crippen LogP contribution is 2.32. The van der Waals surface area contributed by atoms with Gasteiger partial charge < -0.3 is 9.64 Å². The zero-order chi connectivity index (χ0) is 27.7. The lowest BCUT2D eigenvalue weighted by molar-refractivity contribution is -0.137. The standard InChI is InChI=1S/C24H29F3N4O5S/c1-14(2)13-36-23(33)20-16(4)28-17(5)29-21(20)22(32)30-9-10-31(15(3)12-30)37(34,35)19-8-6-7-18(11-19)24(25,26)27/h6-8,11,14-15H,9-10,12-13H2,1-5H3. The maximum atomic E-state index is 13.4. The van der Waals surface area contributed by atoms with E-state index in [0.717, 1.165) is 22.5 Å². The van der Waals surface area contributed by atoms with E-state index in [1.54, 1.807) is 20.8 Å². The Hall–Kier alpha value is -3.06. The van der Waals surface area contributed by atoms with Crippen LogP contribution in [0.2, 0.25) is 0 Å². The van der Waals surface area contributed by atoms with Gasteiger partial charge in [-0.15, -0.1) is 0 Å². The zero-order valence-electron chi connectivity index (χ0n) is 21.2. The molecule has 9 nitrogen and oxygen atoms in total. The van der Waals surface area contributed by atoms with Crippen LogP contribution in [-0.4, -0.2) is 71.8 Å². The second-order valence-electron chi connectivity index (χ2n) is 9.31. The number of ether oxygens (including phenoxy) is 1. The Morgan fingerprint density at radius 2 is 1.84 bits per heavy atom. The first-order valence-electron chi connectivity index (χ1n) is 11.6. The van der Waals surface area contributed by atoms with Crippen LogP contribution < -0.4 is 0 Å². The number of nitrogens with zero attached hydrogens (tertiary/aromatic N) is 4. The van der Waals surface area contributed by atoms with Gasteiger partial charge in [0.15, 0.2) is 0 Å². The lowest BCUT2D eigenvalue weighted by Crippen LogP contribution is -2.55. The van der Waals surface area contributed by atoms with E-state index in [-0.39, 0.29) is 54.9 Å². The van der Waals surface area contributed by atoms with Crippen molar-refractivity contribution >= 4 is 21.9 Å². The van der Waals surface area contributed by atoms with Crippen molar-refractivity contribution in [3.05, 3.63) is 52.6 Å². The second-order valence-corrected chi connectivity index (χ2v) is 11.2. The van der Waals surface area contributed by atoms with Gasteiger partial charge in [-0.05, 0) is 44.9 Å². The van der Waals surface area contributed by atoms with E-state index < -0.39 is 44.6 Å². The molecule has 1 fully saturated rings. The topological polar surface area (TPSA) is 110 Å². The maximum Gasteiger partial charge on any atom is 0.416 e. The number of benzene rings is 1. The average molecular weight is 543 g/mol. The first-order chi connectivity index (χ1) is 17.1. The number of esters is 1. The molecule has 0 aliphatic carbocycles. The highest BCUT2D eigenvalue weighted by atomic mass is 32.2. The quantitative estimate of drug-likeness (QED) is 0.514. The van der Waals surface area contributed by atoms with Crippen LogP contribution in [0.4, 0.5) is 13.2 Å². The monoisotopic (exact) mass is 542 g/mol. The van der Waals surface area contributed by atoms with Gasteiger partial charge in [-0.3, -0.25) is 4.79 Å². The van der Waals surface area contributed by atoms with E-state index in [1.807, 2.05) is 13.8 Å². The Kier molecular flexibility index (Phi) is 8.27. The van der Waals surface area contributed by atoms with Crippen molar-refractivity contribution in [3.8, 4) is 0 Å². The summed E-state index contributed by atoms with van der Waals surface area (Å²) in [6, 6.07) is 2.80. The number of hydrogen-bond acceptors (Lipinski definition) is 7. The van der Waals surface area contributed by atoms with Crippen molar-refractivity contribution in [2.75, 3.05) is 26.2 Å². The number of alkyl halides is 3. The summed E-state index contributed by atoms with van der Waals surface area (Å²) in [7, 11) is -4.26. The van der Waals surface area contributed by atoms with Crippen LogP contribution in [0.25, 0.3) is 0 Å². The summed E-state index contributed by atoms with van der Waals surface area (Å²) < 4.78 is 72.0. The molecule has 1 amide bonds. The van der Waals surface area contributed by atoms with Gasteiger partial charge in [0.1, 0.15) is 17.1 Å². The number of piperazine rings is 1. The molecule has 0 radical (unpaired) electrons. The molecule has 1 saturated heterocycles. The van der Waals surface area contributed by atoms with E-state index in [0.29, 0.717) is 6.07 Å². The maximum absolute atomic E-state index is 13.4. The Morgan fingerprint density at radius 3 is 2.43 bits per heavy atom. The molecule has 1 aliphatic rings. The minimum absolute atomic E-state index is 0.0516. The molecular weight excluding hydrogens is 513 g/mol. The highest BCUT2D eigenvalue weighted by Gasteiger charge is 2.38. The predicted molar refractivity (Wildman–Crippen MR) is 127 cm³/mol. The molecular formula is C24H29F3N4O5S. The van der Waals surface area contributed by atoms with Gasteiger partial charge in [0.05, 0.1) is 22.8 Å². The third-order valence-electron chi connectivity index (χ3n) is 5.78. The number of carbonyl (C=O) groups excluding carboxylic acids is 2. The first kappa shape index (κ1) is 28.5. The van der Waals surface area contributed by atoms with Gasteiger partial charge in [0.25, 0.3) is 5.91 Å². The summed E-state index contributed by atoms with van der Waals surface area (Å²) in [5, 5.41) is 0. The molecule has 2 aromatic rings. The number of carbonyl (C=O) groups is 2. The van der Waals surface area contributed by atoms with E-state index in [4.69, 9.17) is 4.74 Å². The molecule has 0 saturated carbocycles. The van der Waals surface area contributed by atoms with Crippen molar-refractivity contribution in [2.24, 2.45) is 5.92 Å². The van der Waals surface area contributed by atoms with Crippen LogP contribution in [0, 0.1) is 19.8 Å². The van der Waals surface area contributed by atoms with Gasteiger partial charge >= 0.3 is 12.1 Å². The summed E-state index contributed by atoms with van der Waals surface area (Å²) in [6.07, 6.45) is -4.69. The smallest absolute Gasteiger partial charge is 0.416 e. The Balaban J connectivity index is 1.85. The minimum atomic E-state index is -4.69. The van der Waals surface area contributed by atoms with E-state index >= 15 is 0 Å². The van der Waals surface area contributed by atoms with E-state index in [2.05, 4.69) is 9.97 Å². The lowest BCUT2D eigenvalue weighted by atomic mass is 10.1. The summed E-state index contributed by atoms with van der Waals surface area (Å²) in [5.74, 6) is -0.969. The fourth-order valence-corrected chi connectivity index (χ4v) is 5.69. The Labute approximate surface area is 213 Å². The fraction of sp³-hybridized carbons (Fsp3) is 0.500. The van der Waals surface area contributed by atoms with Gasteiger partial charge in [0, 0.05) is 25.7 Å². The van der Waals surface area contributed by atoms with Crippen LogP contribution in [0.3, 0.4) is 0 Å².